The molecular formula is C12H9N3S2. The van der Waals surface area contributed by atoms with Crippen molar-refractivity contribution in [2.24, 2.45) is 0 Å². The quantitative estimate of drug-likeness (QED) is 0.716. The van der Waals surface area contributed by atoms with Crippen LogP contribution in [0.2, 0.25) is 0 Å². The first kappa shape index (κ1) is 10.4. The van der Waals surface area contributed by atoms with Crippen molar-refractivity contribution < 1.29 is 0 Å². The molecule has 0 radical (unpaired) electrons. The molecule has 2 heterocycles. The lowest BCUT2D eigenvalue weighted by molar-refractivity contribution is 1.34. The fourth-order valence-electron chi connectivity index (χ4n) is 1.56. The van der Waals surface area contributed by atoms with Gasteiger partial charge in [0.05, 0.1) is 11.2 Å². The molecule has 0 aliphatic heterocycles. The first-order chi connectivity index (χ1) is 8.34. The lowest BCUT2D eigenvalue weighted by atomic mass is 10.1. The van der Waals surface area contributed by atoms with Crippen molar-refractivity contribution in [3.8, 4) is 22.0 Å². The van der Waals surface area contributed by atoms with E-state index in [2.05, 4.69) is 9.97 Å². The van der Waals surface area contributed by atoms with E-state index in [-0.39, 0.29) is 0 Å². The van der Waals surface area contributed by atoms with Crippen molar-refractivity contribution in [3.05, 3.63) is 40.5 Å². The molecule has 5 heteroatoms. The number of benzene rings is 1. The zero-order chi connectivity index (χ0) is 11.7. The van der Waals surface area contributed by atoms with Crippen molar-refractivity contribution in [1.82, 2.24) is 9.97 Å². The van der Waals surface area contributed by atoms with Crippen LogP contribution in [0.1, 0.15) is 0 Å². The van der Waals surface area contributed by atoms with E-state index in [0.29, 0.717) is 0 Å². The Morgan fingerprint density at radius 3 is 2.71 bits per heavy atom. The van der Waals surface area contributed by atoms with Gasteiger partial charge in [0, 0.05) is 22.0 Å². The number of thiazole rings is 2. The average Bonchev–Trinajstić information content (AvgIpc) is 3.00. The first-order valence-electron chi connectivity index (χ1n) is 5.03. The van der Waals surface area contributed by atoms with E-state index in [0.717, 1.165) is 27.6 Å². The Balaban J connectivity index is 2.04. The molecule has 0 spiro atoms. The maximum Gasteiger partial charge on any atom is 0.143 e. The van der Waals surface area contributed by atoms with Gasteiger partial charge in [0.1, 0.15) is 10.7 Å². The van der Waals surface area contributed by atoms with Gasteiger partial charge in [-0.15, -0.1) is 22.7 Å². The zero-order valence-electron chi connectivity index (χ0n) is 8.83. The third-order valence-corrected chi connectivity index (χ3v) is 3.84. The van der Waals surface area contributed by atoms with E-state index in [4.69, 9.17) is 5.73 Å². The Morgan fingerprint density at radius 2 is 1.94 bits per heavy atom. The van der Waals surface area contributed by atoms with Crippen LogP contribution in [-0.2, 0) is 0 Å². The molecule has 2 N–H and O–H groups in total. The predicted molar refractivity (Wildman–Crippen MR) is 73.1 cm³/mol. The van der Waals surface area contributed by atoms with Crippen LogP contribution in [0, 0.1) is 0 Å². The summed E-state index contributed by atoms with van der Waals surface area (Å²) < 4.78 is 0. The van der Waals surface area contributed by atoms with Gasteiger partial charge in [-0.25, -0.2) is 9.97 Å². The van der Waals surface area contributed by atoms with Gasteiger partial charge < -0.3 is 5.73 Å². The number of nitrogens with zero attached hydrogens (tertiary/aromatic N) is 2. The summed E-state index contributed by atoms with van der Waals surface area (Å²) in [5.41, 5.74) is 11.3. The van der Waals surface area contributed by atoms with E-state index < -0.39 is 0 Å². The second-order valence-electron chi connectivity index (χ2n) is 3.50. The monoisotopic (exact) mass is 259 g/mol. The molecule has 0 atom stereocenters. The molecule has 0 aliphatic rings. The van der Waals surface area contributed by atoms with Crippen LogP contribution in [0.3, 0.4) is 0 Å². The normalized spacial score (nSPS) is 10.6. The van der Waals surface area contributed by atoms with Gasteiger partial charge in [-0.1, -0.05) is 18.2 Å². The summed E-state index contributed by atoms with van der Waals surface area (Å²) in [6.45, 7) is 0. The van der Waals surface area contributed by atoms with E-state index in [1.54, 1.807) is 22.7 Å². The number of anilines is 1. The maximum atomic E-state index is 5.93. The molecule has 3 aromatic rings. The van der Waals surface area contributed by atoms with Crippen molar-refractivity contribution in [3.63, 3.8) is 0 Å². The number of aromatic nitrogens is 2. The molecule has 3 rings (SSSR count). The Kier molecular flexibility index (Phi) is 2.62. The Morgan fingerprint density at radius 1 is 1.06 bits per heavy atom. The molecular weight excluding hydrogens is 250 g/mol. The van der Waals surface area contributed by atoms with Gasteiger partial charge in [0.25, 0.3) is 0 Å². The highest BCUT2D eigenvalue weighted by Crippen LogP contribution is 2.31. The molecule has 0 aliphatic carbocycles. The number of nitrogen functional groups attached to an aromatic ring is 1. The summed E-state index contributed by atoms with van der Waals surface area (Å²) >= 11 is 3.16. The fourth-order valence-corrected chi connectivity index (χ4v) is 2.96. The van der Waals surface area contributed by atoms with Crippen LogP contribution >= 0.6 is 22.7 Å². The lowest BCUT2D eigenvalue weighted by Crippen LogP contribution is -1.89. The number of rotatable bonds is 2. The number of para-hydroxylation sites is 1. The van der Waals surface area contributed by atoms with Gasteiger partial charge in [0.15, 0.2) is 0 Å². The minimum atomic E-state index is 0.752. The van der Waals surface area contributed by atoms with E-state index >= 15 is 0 Å². The summed E-state index contributed by atoms with van der Waals surface area (Å²) in [4.78, 5) is 8.82. The van der Waals surface area contributed by atoms with Crippen LogP contribution in [0.25, 0.3) is 22.0 Å². The highest BCUT2D eigenvalue weighted by Gasteiger charge is 2.09. The van der Waals surface area contributed by atoms with E-state index in [1.165, 1.54) is 0 Å². The summed E-state index contributed by atoms with van der Waals surface area (Å²) in [6.07, 6.45) is 0. The first-order valence-corrected chi connectivity index (χ1v) is 6.86. The highest BCUT2D eigenvalue weighted by atomic mass is 32.1. The van der Waals surface area contributed by atoms with Crippen molar-refractivity contribution in [1.29, 1.82) is 0 Å². The molecule has 0 amide bonds. The Bertz CT molecular complexity index is 629. The minimum absolute atomic E-state index is 0.752. The Labute approximate surface area is 107 Å². The van der Waals surface area contributed by atoms with Gasteiger partial charge >= 0.3 is 0 Å². The Hall–Kier alpha value is -1.72. The molecule has 0 saturated carbocycles. The van der Waals surface area contributed by atoms with Crippen molar-refractivity contribution >= 4 is 28.4 Å². The molecule has 0 bridgehead atoms. The fraction of sp³-hybridized carbons (Fsp3) is 0. The standard InChI is InChI=1S/C12H9N3S2/c13-9-4-2-1-3-8(9)10-6-17-12(15-10)11-5-16-7-14-11/h1-7H,13H2. The van der Waals surface area contributed by atoms with Crippen molar-refractivity contribution in [2.75, 3.05) is 5.73 Å². The topological polar surface area (TPSA) is 51.8 Å². The van der Waals surface area contributed by atoms with Gasteiger partial charge in [-0.05, 0) is 6.07 Å². The third-order valence-electron chi connectivity index (χ3n) is 2.39. The molecule has 0 fully saturated rings. The number of hydrogen-bond donors (Lipinski definition) is 1. The molecule has 84 valence electrons. The maximum absolute atomic E-state index is 5.93. The predicted octanol–water partition coefficient (Wildman–Crippen LogP) is 3.52. The number of nitrogens with two attached hydrogens (primary N) is 1. The van der Waals surface area contributed by atoms with E-state index in [9.17, 15) is 0 Å². The largest absolute Gasteiger partial charge is 0.398 e. The van der Waals surface area contributed by atoms with E-state index in [1.807, 2.05) is 40.5 Å². The van der Waals surface area contributed by atoms with Gasteiger partial charge in [-0.3, -0.25) is 0 Å². The average molecular weight is 259 g/mol. The second-order valence-corrected chi connectivity index (χ2v) is 5.08. The molecule has 17 heavy (non-hydrogen) atoms. The lowest BCUT2D eigenvalue weighted by Gasteiger charge is -2.00. The molecule has 0 unspecified atom stereocenters. The summed E-state index contributed by atoms with van der Waals surface area (Å²) in [5, 5.41) is 4.95. The second kappa shape index (κ2) is 4.27. The summed E-state index contributed by atoms with van der Waals surface area (Å²) in [6, 6.07) is 7.76. The molecule has 0 saturated heterocycles. The molecule has 3 nitrogen and oxygen atoms in total. The molecule has 2 aromatic heterocycles. The molecule has 1 aromatic carbocycles. The van der Waals surface area contributed by atoms with Crippen LogP contribution in [-0.4, -0.2) is 9.97 Å². The van der Waals surface area contributed by atoms with Crippen molar-refractivity contribution in [2.45, 2.75) is 0 Å². The van der Waals surface area contributed by atoms with Crippen LogP contribution in [0.5, 0.6) is 0 Å². The summed E-state index contributed by atoms with van der Waals surface area (Å²) in [5.74, 6) is 0. The smallest absolute Gasteiger partial charge is 0.143 e. The highest BCUT2D eigenvalue weighted by molar-refractivity contribution is 7.14. The van der Waals surface area contributed by atoms with Gasteiger partial charge in [0.2, 0.25) is 0 Å². The SMILES string of the molecule is Nc1ccccc1-c1csc(-c2cscn2)n1. The van der Waals surface area contributed by atoms with Gasteiger partial charge in [-0.2, -0.15) is 0 Å². The third kappa shape index (κ3) is 1.94. The number of hydrogen-bond acceptors (Lipinski definition) is 5. The zero-order valence-corrected chi connectivity index (χ0v) is 10.5. The van der Waals surface area contributed by atoms with Crippen LogP contribution < -0.4 is 5.73 Å². The minimum Gasteiger partial charge on any atom is -0.398 e. The van der Waals surface area contributed by atoms with Crippen LogP contribution in [0.4, 0.5) is 5.69 Å². The van der Waals surface area contributed by atoms with Crippen LogP contribution in [0.15, 0.2) is 40.5 Å². The summed E-state index contributed by atoms with van der Waals surface area (Å²) in [7, 11) is 0.